The maximum absolute atomic E-state index is 13.3. The second kappa shape index (κ2) is 11.4. The molecule has 2 aromatic carbocycles. The van der Waals surface area contributed by atoms with Gasteiger partial charge in [0, 0.05) is 12.7 Å². The van der Waals surface area contributed by atoms with Crippen LogP contribution in [0.4, 0.5) is 11.6 Å². The van der Waals surface area contributed by atoms with Crippen LogP contribution in [-0.2, 0) is 20.9 Å². The summed E-state index contributed by atoms with van der Waals surface area (Å²) in [6.07, 6.45) is 3.25. The Morgan fingerprint density at radius 3 is 2.71 bits per heavy atom. The molecule has 0 atom stereocenters. The number of nitrogens with one attached hydrogen (secondary N) is 1. The van der Waals surface area contributed by atoms with Crippen LogP contribution in [0.15, 0.2) is 76.0 Å². The van der Waals surface area contributed by atoms with Gasteiger partial charge in [0.2, 0.25) is 17.7 Å². The van der Waals surface area contributed by atoms with Crippen molar-refractivity contribution in [2.24, 2.45) is 4.99 Å². The Bertz CT molecular complexity index is 1260. The predicted molar refractivity (Wildman–Crippen MR) is 132 cm³/mol. The maximum atomic E-state index is 13.3. The van der Waals surface area contributed by atoms with Gasteiger partial charge in [0.05, 0.1) is 18.6 Å². The molecule has 3 aromatic rings. The number of aliphatic imine (C=N–C) groups is 1. The number of carbonyl (C=O) groups excluding carboxylic acids is 2. The molecule has 1 aliphatic heterocycles. The first-order valence-electron chi connectivity index (χ1n) is 10.7. The Morgan fingerprint density at radius 2 is 1.94 bits per heavy atom. The lowest BCUT2D eigenvalue weighted by Gasteiger charge is -2.17. The molecule has 0 saturated heterocycles. The first kappa shape index (κ1) is 24.2. The van der Waals surface area contributed by atoms with Gasteiger partial charge in [0.25, 0.3) is 12.1 Å². The van der Waals surface area contributed by atoms with Crippen molar-refractivity contribution < 1.29 is 28.3 Å². The number of aromatic nitrogens is 2. The molecule has 0 radical (unpaired) electrons. The topological polar surface area (TPSA) is 110 Å². The summed E-state index contributed by atoms with van der Waals surface area (Å²) in [4.78, 5) is 31.9. The number of hydrogen-bond acceptors (Lipinski definition) is 8. The fourth-order valence-electron chi connectivity index (χ4n) is 3.26. The van der Waals surface area contributed by atoms with E-state index < -0.39 is 0 Å². The van der Waals surface area contributed by atoms with Crippen LogP contribution in [0.1, 0.15) is 5.56 Å². The van der Waals surface area contributed by atoms with Crippen LogP contribution in [0.5, 0.6) is 5.75 Å². The van der Waals surface area contributed by atoms with E-state index in [2.05, 4.69) is 15.6 Å². The van der Waals surface area contributed by atoms with Crippen molar-refractivity contribution in [3.05, 3.63) is 72.1 Å². The fourth-order valence-corrected chi connectivity index (χ4v) is 4.07. The summed E-state index contributed by atoms with van der Waals surface area (Å²) in [6.45, 7) is 0.963. The lowest BCUT2D eigenvalue weighted by Crippen LogP contribution is -2.36. The highest BCUT2D eigenvalue weighted by atomic mass is 32.2. The zero-order valence-corrected chi connectivity index (χ0v) is 20.0. The van der Waals surface area contributed by atoms with Crippen molar-refractivity contribution in [1.82, 2.24) is 5.27 Å². The van der Waals surface area contributed by atoms with Crippen LogP contribution in [0.2, 0.25) is 0 Å². The number of thioether (sulfide) groups is 1. The molecule has 1 aromatic heterocycles. The molecular formula is C24H24N5O5S+. The van der Waals surface area contributed by atoms with E-state index in [1.54, 1.807) is 26.5 Å². The second-order valence-corrected chi connectivity index (χ2v) is 8.24. The highest BCUT2D eigenvalue weighted by Gasteiger charge is 2.32. The van der Waals surface area contributed by atoms with Gasteiger partial charge in [0.15, 0.2) is 5.17 Å². The first-order valence-corrected chi connectivity index (χ1v) is 11.7. The molecular weight excluding hydrogens is 470 g/mol. The van der Waals surface area contributed by atoms with Crippen LogP contribution in [-0.4, -0.2) is 48.8 Å². The van der Waals surface area contributed by atoms with E-state index in [1.807, 2.05) is 54.6 Å². The first-order chi connectivity index (χ1) is 17.1. The molecule has 1 aliphatic rings. The number of carbonyl (C=O) groups is 2. The van der Waals surface area contributed by atoms with Gasteiger partial charge in [-0.05, 0) is 29.0 Å². The SMILES string of the molecule is COCC[n+]1cc(NC(=O)CSC2=N/C(=C/c3ccccc3OC)C(=O)N2c2ccccc2)on1. The molecule has 180 valence electrons. The molecule has 0 bridgehead atoms. The van der Waals surface area contributed by atoms with Crippen molar-refractivity contribution in [3.8, 4) is 5.75 Å². The van der Waals surface area contributed by atoms with Gasteiger partial charge >= 0.3 is 5.88 Å². The smallest absolute Gasteiger partial charge is 0.302 e. The van der Waals surface area contributed by atoms with E-state index in [0.29, 0.717) is 29.8 Å². The normalized spacial score (nSPS) is 14.3. The van der Waals surface area contributed by atoms with E-state index in [0.717, 1.165) is 17.3 Å². The quantitative estimate of drug-likeness (QED) is 0.360. The summed E-state index contributed by atoms with van der Waals surface area (Å²) < 4.78 is 17.0. The summed E-state index contributed by atoms with van der Waals surface area (Å²) in [6, 6.07) is 16.5. The minimum Gasteiger partial charge on any atom is -0.496 e. The van der Waals surface area contributed by atoms with Gasteiger partial charge in [-0.3, -0.25) is 24.3 Å². The van der Waals surface area contributed by atoms with E-state index in [9.17, 15) is 9.59 Å². The predicted octanol–water partition coefficient (Wildman–Crippen LogP) is 2.73. The monoisotopic (exact) mass is 494 g/mol. The summed E-state index contributed by atoms with van der Waals surface area (Å²) in [5.41, 5.74) is 1.63. The number of amidine groups is 1. The third-order valence-corrected chi connectivity index (χ3v) is 5.84. The molecule has 2 heterocycles. The molecule has 1 N–H and O–H groups in total. The van der Waals surface area contributed by atoms with Gasteiger partial charge in [-0.25, -0.2) is 4.99 Å². The molecule has 0 aliphatic carbocycles. The summed E-state index contributed by atoms with van der Waals surface area (Å²) in [7, 11) is 3.16. The number of rotatable bonds is 9. The van der Waals surface area contributed by atoms with Crippen LogP contribution in [0.3, 0.4) is 0 Å². The zero-order valence-electron chi connectivity index (χ0n) is 19.2. The highest BCUT2D eigenvalue weighted by molar-refractivity contribution is 8.14. The van der Waals surface area contributed by atoms with Gasteiger partial charge in [-0.15, -0.1) is 0 Å². The molecule has 0 saturated carbocycles. The van der Waals surface area contributed by atoms with Crippen LogP contribution in [0.25, 0.3) is 6.08 Å². The van der Waals surface area contributed by atoms with E-state index >= 15 is 0 Å². The molecule has 10 nitrogen and oxygen atoms in total. The maximum Gasteiger partial charge on any atom is 0.302 e. The molecule has 0 spiro atoms. The van der Waals surface area contributed by atoms with Crippen molar-refractivity contribution in [1.29, 1.82) is 0 Å². The van der Waals surface area contributed by atoms with E-state index in [1.165, 1.54) is 9.58 Å². The number of benzene rings is 2. The highest BCUT2D eigenvalue weighted by Crippen LogP contribution is 2.30. The lowest BCUT2D eigenvalue weighted by atomic mass is 10.1. The third-order valence-electron chi connectivity index (χ3n) is 4.90. The van der Waals surface area contributed by atoms with Gasteiger partial charge in [-0.1, -0.05) is 48.2 Å². The van der Waals surface area contributed by atoms with Crippen molar-refractivity contribution in [2.75, 3.05) is 36.8 Å². The number of nitrogens with zero attached hydrogens (tertiary/aromatic N) is 4. The molecule has 4 rings (SSSR count). The Kier molecular flexibility index (Phi) is 7.91. The summed E-state index contributed by atoms with van der Waals surface area (Å²) in [5.74, 6) is 0.239. The fraction of sp³-hybridized carbons (Fsp3) is 0.208. The van der Waals surface area contributed by atoms with E-state index in [-0.39, 0.29) is 29.1 Å². The van der Waals surface area contributed by atoms with Crippen molar-refractivity contribution in [3.63, 3.8) is 0 Å². The Morgan fingerprint density at radius 1 is 1.17 bits per heavy atom. The number of hydrogen-bond donors (Lipinski definition) is 1. The average Bonchev–Trinajstić information content (AvgIpc) is 3.45. The van der Waals surface area contributed by atoms with Crippen LogP contribution < -0.4 is 19.6 Å². The largest absolute Gasteiger partial charge is 0.496 e. The molecule has 11 heteroatoms. The Labute approximate surface area is 206 Å². The molecule has 0 fully saturated rings. The van der Waals surface area contributed by atoms with E-state index in [4.69, 9.17) is 14.0 Å². The standard InChI is InChI=1S/C24H23N5O5S/c1-32-13-12-28-15-22(34-27-28)26-21(30)16-35-24-25-19(14-17-8-6-7-11-20(17)33-2)23(31)29(24)18-9-4-3-5-10-18/h3-11,14-15H,12-13,16H2,1-2H3/p+1/b19-14+. The van der Waals surface area contributed by atoms with Crippen LogP contribution >= 0.6 is 11.8 Å². The van der Waals surface area contributed by atoms with Gasteiger partial charge < -0.3 is 9.47 Å². The average molecular weight is 495 g/mol. The molecule has 35 heavy (non-hydrogen) atoms. The Hall–Kier alpha value is -3.96. The second-order valence-electron chi connectivity index (χ2n) is 7.30. The minimum atomic E-state index is -0.324. The lowest BCUT2D eigenvalue weighted by molar-refractivity contribution is -0.763. The number of amides is 2. The number of para-hydroxylation sites is 2. The summed E-state index contributed by atoms with van der Waals surface area (Å²) in [5, 5.41) is 6.86. The van der Waals surface area contributed by atoms with Gasteiger partial charge in [0.1, 0.15) is 18.1 Å². The summed E-state index contributed by atoms with van der Waals surface area (Å²) >= 11 is 1.15. The molecule has 0 unspecified atom stereocenters. The third kappa shape index (κ3) is 5.94. The minimum absolute atomic E-state index is 0.0101. The number of ether oxygens (including phenoxy) is 2. The number of anilines is 2. The van der Waals surface area contributed by atoms with Crippen molar-refractivity contribution in [2.45, 2.75) is 6.54 Å². The van der Waals surface area contributed by atoms with Crippen molar-refractivity contribution >= 4 is 46.4 Å². The molecule has 2 amide bonds. The Balaban J connectivity index is 1.51. The zero-order chi connectivity index (χ0) is 24.6. The van der Waals surface area contributed by atoms with Crippen LogP contribution in [0, 0.1) is 0 Å². The number of methoxy groups -OCH3 is 2. The van der Waals surface area contributed by atoms with Gasteiger partial charge in [-0.2, -0.15) is 0 Å².